The van der Waals surface area contributed by atoms with Gasteiger partial charge in [0, 0.05) is 5.33 Å². The molecule has 1 nitrogen and oxygen atoms in total. The zero-order valence-corrected chi connectivity index (χ0v) is 8.06. The summed E-state index contributed by atoms with van der Waals surface area (Å²) in [6.07, 6.45) is -6.72. The third kappa shape index (κ3) is 7.47. The van der Waals surface area contributed by atoms with Crippen LogP contribution in [0.3, 0.4) is 0 Å². The van der Waals surface area contributed by atoms with Gasteiger partial charge in [0.25, 0.3) is 0 Å². The first-order valence-corrected chi connectivity index (χ1v) is 2.91. The van der Waals surface area contributed by atoms with Crippen molar-refractivity contribution in [3.8, 4) is 0 Å². The number of rotatable bonds is 1. The van der Waals surface area contributed by atoms with Gasteiger partial charge in [-0.1, -0.05) is 15.9 Å². The number of alkyl halides is 4. The van der Waals surface area contributed by atoms with Crippen molar-refractivity contribution in [2.24, 2.45) is 0 Å². The molecule has 0 bridgehead atoms. The van der Waals surface area contributed by atoms with Crippen molar-refractivity contribution in [2.45, 2.75) is 12.3 Å². The summed E-state index contributed by atoms with van der Waals surface area (Å²) in [6.45, 7) is 0. The zero-order valence-electron chi connectivity index (χ0n) is 9.32. The quantitative estimate of drug-likeness (QED) is 0.424. The number of aliphatic hydroxyl groups is 1. The van der Waals surface area contributed by atoms with Gasteiger partial charge in [-0.15, -0.1) is 0 Å². The third-order valence-corrected chi connectivity index (χ3v) is 1.14. The molecule has 58 valence electrons. The van der Waals surface area contributed by atoms with Gasteiger partial charge in [0.2, 0.25) is 0 Å². The van der Waals surface area contributed by atoms with Crippen LogP contribution in [0.15, 0.2) is 0 Å². The van der Waals surface area contributed by atoms with Crippen LogP contribution in [-0.2, 0) is 0 Å². The first-order chi connectivity index (χ1) is 3.48. The molecule has 0 rings (SSSR count). The van der Waals surface area contributed by atoms with E-state index >= 15 is 0 Å². The molecule has 0 heterocycles. The second-order valence-corrected chi connectivity index (χ2v) is 1.86. The second-order valence-electron chi connectivity index (χ2n) is 1.21. The van der Waals surface area contributed by atoms with Crippen molar-refractivity contribution < 1.29 is 42.8 Å². The van der Waals surface area contributed by atoms with E-state index in [1.54, 1.807) is 0 Å². The predicted octanol–water partition coefficient (Wildman–Crippen LogP) is -1.62. The first kappa shape index (κ1) is 17.4. The van der Waals surface area contributed by atoms with Crippen molar-refractivity contribution >= 4 is 33.3 Å². The molecule has 0 aromatic carbocycles. The van der Waals surface area contributed by atoms with E-state index in [2.05, 4.69) is 15.9 Å². The Hall–Kier alpha value is 1.36. The summed E-state index contributed by atoms with van der Waals surface area (Å²) < 4.78 is 33.5. The van der Waals surface area contributed by atoms with Gasteiger partial charge < -0.3 is 10.8 Å². The Kier molecular flexibility index (Phi) is 12.3. The van der Waals surface area contributed by atoms with Crippen LogP contribution >= 0.6 is 15.9 Å². The predicted molar refractivity (Wildman–Crippen MR) is 36.1 cm³/mol. The molecule has 0 aliphatic carbocycles. The maximum absolute atomic E-state index is 11.2. The average molecular weight is 231 g/mol. The average Bonchev–Trinajstić information content (AvgIpc) is 1.62. The van der Waals surface area contributed by atoms with Crippen LogP contribution < -0.4 is 18.9 Å². The molecule has 0 aliphatic heterocycles. The monoisotopic (exact) mass is 230 g/mol. The van der Waals surface area contributed by atoms with Gasteiger partial charge in [0.05, 0.1) is 0 Å². The maximum atomic E-state index is 11.2. The van der Waals surface area contributed by atoms with Gasteiger partial charge in [-0.2, -0.15) is 13.2 Å². The molecule has 7 heteroatoms. The van der Waals surface area contributed by atoms with Crippen molar-refractivity contribution in [3.63, 3.8) is 0 Å². The summed E-state index contributed by atoms with van der Waals surface area (Å²) in [4.78, 5) is 0. The Morgan fingerprint density at radius 2 is 1.80 bits per heavy atom. The molecular weight excluding hydrogens is 223 g/mol. The molecule has 1 unspecified atom stereocenters. The van der Waals surface area contributed by atoms with E-state index in [1.165, 1.54) is 0 Å². The number of halogens is 4. The molecule has 0 amide bonds. The zero-order chi connectivity index (χ0) is 6.78. The minimum atomic E-state index is -4.48. The molecule has 0 aliphatic rings. The molecule has 0 aromatic heterocycles. The maximum Gasteiger partial charge on any atom is 3.00 e. The Morgan fingerprint density at radius 1 is 1.50 bits per heavy atom. The van der Waals surface area contributed by atoms with Crippen LogP contribution in [0.2, 0.25) is 0 Å². The summed E-state index contributed by atoms with van der Waals surface area (Å²) in [5.41, 5.74) is 0. The van der Waals surface area contributed by atoms with Crippen LogP contribution in [0, 0.1) is 0 Å². The van der Waals surface area contributed by atoms with Gasteiger partial charge in [0.15, 0.2) is 6.10 Å². The summed E-state index contributed by atoms with van der Waals surface area (Å²) in [7, 11) is 0. The molecule has 0 saturated carbocycles. The fourth-order valence-corrected chi connectivity index (χ4v) is 0.455. The summed E-state index contributed by atoms with van der Waals surface area (Å²) >= 11 is 2.48. The smallest absolute Gasteiger partial charge is 1.00 e. The molecule has 10 heavy (non-hydrogen) atoms. The molecule has 1 N–H and O–H groups in total. The molecule has 0 radical (unpaired) electrons. The molecule has 0 fully saturated rings. The molecule has 0 saturated heterocycles. The largest absolute Gasteiger partial charge is 3.00 e. The SMILES string of the molecule is OC(CBr)C(F)(F)F.[Al+3].[H-].[H-].[H-].[H-].[Li+]. The van der Waals surface area contributed by atoms with Crippen LogP contribution in [0.5, 0.6) is 0 Å². The van der Waals surface area contributed by atoms with Gasteiger partial charge >= 0.3 is 42.4 Å². The van der Waals surface area contributed by atoms with Gasteiger partial charge in [-0.25, -0.2) is 0 Å². The second kappa shape index (κ2) is 7.03. The third-order valence-electron chi connectivity index (χ3n) is 0.524. The summed E-state index contributed by atoms with van der Waals surface area (Å²) in [6, 6.07) is 0. The van der Waals surface area contributed by atoms with E-state index in [0.29, 0.717) is 0 Å². The minimum Gasteiger partial charge on any atom is -1.00 e. The fourth-order valence-electron chi connectivity index (χ4n) is 0.0875. The van der Waals surface area contributed by atoms with E-state index < -0.39 is 17.6 Å². The molecule has 0 spiro atoms. The van der Waals surface area contributed by atoms with Crippen molar-refractivity contribution in [2.75, 3.05) is 5.33 Å². The Balaban J connectivity index is -0.0000000163. The van der Waals surface area contributed by atoms with Crippen LogP contribution in [0.4, 0.5) is 13.2 Å². The fraction of sp³-hybridized carbons (Fsp3) is 1.00. The normalized spacial score (nSPS) is 12.9. The Labute approximate surface area is 93.7 Å². The van der Waals surface area contributed by atoms with Gasteiger partial charge in [-0.3, -0.25) is 0 Å². The molecule has 0 aromatic rings. The van der Waals surface area contributed by atoms with E-state index in [9.17, 15) is 13.2 Å². The van der Waals surface area contributed by atoms with Gasteiger partial charge in [-0.05, 0) is 0 Å². The summed E-state index contributed by atoms with van der Waals surface area (Å²) in [5.74, 6) is 0. The van der Waals surface area contributed by atoms with E-state index in [1.807, 2.05) is 0 Å². The van der Waals surface area contributed by atoms with Crippen molar-refractivity contribution in [3.05, 3.63) is 0 Å². The van der Waals surface area contributed by atoms with E-state index in [0.717, 1.165) is 0 Å². The Bertz CT molecular complexity index is 92.7. The van der Waals surface area contributed by atoms with E-state index in [-0.39, 0.29) is 41.9 Å². The van der Waals surface area contributed by atoms with Crippen LogP contribution in [-0.4, -0.2) is 40.1 Å². The Morgan fingerprint density at radius 3 is 1.80 bits per heavy atom. The van der Waals surface area contributed by atoms with E-state index in [4.69, 9.17) is 5.11 Å². The minimum absolute atomic E-state index is 0. The number of hydrogen-bond acceptors (Lipinski definition) is 1. The number of aliphatic hydroxyl groups excluding tert-OH is 1. The van der Waals surface area contributed by atoms with Crippen molar-refractivity contribution in [1.82, 2.24) is 0 Å². The molecule has 1 atom stereocenters. The summed E-state index contributed by atoms with van der Waals surface area (Å²) in [5, 5.41) is 7.56. The van der Waals surface area contributed by atoms with Crippen LogP contribution in [0.1, 0.15) is 5.71 Å². The van der Waals surface area contributed by atoms with Gasteiger partial charge in [0.1, 0.15) is 0 Å². The first-order valence-electron chi connectivity index (χ1n) is 1.79. The van der Waals surface area contributed by atoms with Crippen molar-refractivity contribution in [1.29, 1.82) is 0 Å². The van der Waals surface area contributed by atoms with Crippen LogP contribution in [0.25, 0.3) is 0 Å². The topological polar surface area (TPSA) is 20.2 Å². The number of hydrogen-bond donors (Lipinski definition) is 1. The standard InChI is InChI=1S/C3H4BrF3O.Al.Li.4H/c4-1-2(8)3(5,6)7;;;;;;/h2,8H,1H2;;;;;;/q;+3;+1;4*-1. The molecular formula is C3H8AlBrF3LiO.